The standard InChI is InChI=1S/C32H49NO3/c1-5-8-14-24(4)28(34)19-18-26-29(35)23-30-31(26)27-17-13-16-25(32(27)36-30)15-11-12-22-33(20-9-6-2)21-10-7-3/h13,16-19,24,26,28-31,34-35H,6-7,9-12,14-15,20-23H2,1-4H3/b19-18+/t24-,26-,28+,29+,30-,31-/m0/s1. The van der Waals surface area contributed by atoms with E-state index in [1.807, 2.05) is 26.0 Å². The molecule has 4 nitrogen and oxygen atoms in total. The average Bonchev–Trinajstić information content (AvgIpc) is 3.39. The van der Waals surface area contributed by atoms with Crippen molar-refractivity contribution in [2.45, 2.75) is 110 Å². The molecule has 0 radical (unpaired) electrons. The lowest BCUT2D eigenvalue weighted by Gasteiger charge is -2.22. The molecule has 2 aliphatic rings. The van der Waals surface area contributed by atoms with Crippen LogP contribution in [0.1, 0.15) is 96.1 Å². The molecular weight excluding hydrogens is 446 g/mol. The van der Waals surface area contributed by atoms with Crippen LogP contribution in [-0.4, -0.2) is 53.1 Å². The molecule has 0 saturated heterocycles. The zero-order valence-electron chi connectivity index (χ0n) is 23.1. The van der Waals surface area contributed by atoms with Gasteiger partial charge in [-0.3, -0.25) is 0 Å². The largest absolute Gasteiger partial charge is 0.489 e. The third kappa shape index (κ3) is 7.60. The number of aliphatic hydroxyl groups is 2. The van der Waals surface area contributed by atoms with Crippen molar-refractivity contribution < 1.29 is 14.9 Å². The van der Waals surface area contributed by atoms with Gasteiger partial charge in [-0.2, -0.15) is 0 Å². The minimum absolute atomic E-state index is 0.0184. The molecule has 3 rings (SSSR count). The predicted octanol–water partition coefficient (Wildman–Crippen LogP) is 6.10. The monoisotopic (exact) mass is 495 g/mol. The van der Waals surface area contributed by atoms with Crippen molar-refractivity contribution in [3.63, 3.8) is 0 Å². The third-order valence-corrected chi connectivity index (χ3v) is 8.03. The first-order valence-electron chi connectivity index (χ1n) is 14.4. The van der Waals surface area contributed by atoms with Crippen molar-refractivity contribution in [3.8, 4) is 17.6 Å². The molecular formula is C32H49NO3. The van der Waals surface area contributed by atoms with Crippen molar-refractivity contribution in [2.24, 2.45) is 11.8 Å². The summed E-state index contributed by atoms with van der Waals surface area (Å²) in [5, 5.41) is 21.3. The van der Waals surface area contributed by atoms with Crippen molar-refractivity contribution >= 4 is 0 Å². The highest BCUT2D eigenvalue weighted by molar-refractivity contribution is 5.49. The molecule has 1 saturated carbocycles. The molecule has 0 amide bonds. The number of para-hydroxylation sites is 1. The van der Waals surface area contributed by atoms with Gasteiger partial charge in [0.05, 0.1) is 12.2 Å². The summed E-state index contributed by atoms with van der Waals surface area (Å²) in [7, 11) is 0. The summed E-state index contributed by atoms with van der Waals surface area (Å²) in [4.78, 5) is 2.64. The molecule has 0 aromatic heterocycles. The maximum absolute atomic E-state index is 10.8. The normalized spacial score (nSPS) is 24.3. The topological polar surface area (TPSA) is 52.9 Å². The number of aryl methyl sites for hydroxylation is 1. The van der Waals surface area contributed by atoms with Crippen molar-refractivity contribution in [2.75, 3.05) is 19.6 Å². The van der Waals surface area contributed by atoms with Crippen LogP contribution >= 0.6 is 0 Å². The van der Waals surface area contributed by atoms with Gasteiger partial charge in [-0.25, -0.2) is 0 Å². The van der Waals surface area contributed by atoms with Gasteiger partial charge in [-0.05, 0) is 70.1 Å². The molecule has 1 aromatic rings. The molecule has 200 valence electrons. The number of ether oxygens (including phenoxy) is 1. The zero-order valence-corrected chi connectivity index (χ0v) is 23.1. The van der Waals surface area contributed by atoms with Gasteiger partial charge >= 0.3 is 0 Å². The van der Waals surface area contributed by atoms with Gasteiger partial charge in [-0.15, -0.1) is 11.8 Å². The lowest BCUT2D eigenvalue weighted by Crippen LogP contribution is -2.27. The molecule has 36 heavy (non-hydrogen) atoms. The summed E-state index contributed by atoms with van der Waals surface area (Å²) in [6.45, 7) is 12.0. The highest BCUT2D eigenvalue weighted by Crippen LogP contribution is 2.52. The van der Waals surface area contributed by atoms with E-state index in [0.717, 1.165) is 12.2 Å². The van der Waals surface area contributed by atoms with Gasteiger partial charge in [0.25, 0.3) is 0 Å². The van der Waals surface area contributed by atoms with Crippen LogP contribution in [-0.2, 0) is 6.42 Å². The number of hydrogen-bond acceptors (Lipinski definition) is 4. The molecule has 4 heteroatoms. The van der Waals surface area contributed by atoms with E-state index in [9.17, 15) is 10.2 Å². The van der Waals surface area contributed by atoms with Crippen LogP contribution in [0.25, 0.3) is 0 Å². The number of rotatable bonds is 15. The Hall–Kier alpha value is -1.80. The van der Waals surface area contributed by atoms with Gasteiger partial charge in [-0.1, -0.05) is 64.0 Å². The maximum Gasteiger partial charge on any atom is 0.126 e. The third-order valence-electron chi connectivity index (χ3n) is 8.03. The van der Waals surface area contributed by atoms with E-state index in [4.69, 9.17) is 4.74 Å². The Kier molecular flexibility index (Phi) is 11.8. The summed E-state index contributed by atoms with van der Waals surface area (Å²) < 4.78 is 6.47. The molecule has 1 aliphatic carbocycles. The number of unbranched alkanes of at least 4 members (excludes halogenated alkanes) is 3. The summed E-state index contributed by atoms with van der Waals surface area (Å²) in [6.07, 6.45) is 12.7. The molecule has 0 spiro atoms. The van der Waals surface area contributed by atoms with E-state index in [0.29, 0.717) is 12.8 Å². The van der Waals surface area contributed by atoms with E-state index in [-0.39, 0.29) is 23.9 Å². The van der Waals surface area contributed by atoms with Gasteiger partial charge in [0.1, 0.15) is 11.9 Å². The Morgan fingerprint density at radius 1 is 1.11 bits per heavy atom. The molecule has 1 heterocycles. The SMILES string of the molecule is CC#CC[C@H](C)[C@H](O)/C=C/[C@@H]1[C@H]2c3cccc(CCCCN(CCCC)CCCC)c3O[C@H]2C[C@H]1O. The minimum Gasteiger partial charge on any atom is -0.489 e. The van der Waals surface area contributed by atoms with Crippen LogP contribution < -0.4 is 4.74 Å². The molecule has 0 bridgehead atoms. The van der Waals surface area contributed by atoms with E-state index in [2.05, 4.69) is 48.8 Å². The molecule has 0 unspecified atom stereocenters. The Balaban J connectivity index is 1.60. The highest BCUT2D eigenvalue weighted by atomic mass is 16.5. The van der Waals surface area contributed by atoms with Gasteiger partial charge < -0.3 is 19.8 Å². The number of aliphatic hydroxyl groups excluding tert-OH is 2. The van der Waals surface area contributed by atoms with Crippen LogP contribution in [0.5, 0.6) is 5.75 Å². The number of fused-ring (bicyclic) bond motifs is 3. The molecule has 1 aromatic carbocycles. The second kappa shape index (κ2) is 14.8. The summed E-state index contributed by atoms with van der Waals surface area (Å²) >= 11 is 0. The van der Waals surface area contributed by atoms with E-state index >= 15 is 0 Å². The first kappa shape index (κ1) is 28.8. The van der Waals surface area contributed by atoms with Gasteiger partial charge in [0, 0.05) is 30.2 Å². The lowest BCUT2D eigenvalue weighted by atomic mass is 9.86. The lowest BCUT2D eigenvalue weighted by molar-refractivity contribution is 0.134. The predicted molar refractivity (Wildman–Crippen MR) is 149 cm³/mol. The summed E-state index contributed by atoms with van der Waals surface area (Å²) in [5.41, 5.74) is 2.54. The van der Waals surface area contributed by atoms with Gasteiger partial charge in [0.15, 0.2) is 0 Å². The Morgan fingerprint density at radius 3 is 2.53 bits per heavy atom. The molecule has 6 atom stereocenters. The number of benzene rings is 1. The fourth-order valence-corrected chi connectivity index (χ4v) is 5.73. The molecule has 1 aliphatic heterocycles. The minimum atomic E-state index is -0.556. The molecule has 1 fully saturated rings. The van der Waals surface area contributed by atoms with E-state index < -0.39 is 12.2 Å². The zero-order chi connectivity index (χ0) is 25.9. The Bertz CT molecular complexity index is 877. The first-order chi connectivity index (χ1) is 17.5. The van der Waals surface area contributed by atoms with Crippen molar-refractivity contribution in [1.82, 2.24) is 4.90 Å². The smallest absolute Gasteiger partial charge is 0.126 e. The van der Waals surface area contributed by atoms with Crippen molar-refractivity contribution in [3.05, 3.63) is 41.5 Å². The number of nitrogens with zero attached hydrogens (tertiary/aromatic N) is 1. The summed E-state index contributed by atoms with van der Waals surface area (Å²) in [5.74, 6) is 7.20. The van der Waals surface area contributed by atoms with Crippen LogP contribution in [0.4, 0.5) is 0 Å². The van der Waals surface area contributed by atoms with Crippen LogP contribution in [0.2, 0.25) is 0 Å². The fraction of sp³-hybridized carbons (Fsp3) is 0.688. The van der Waals surface area contributed by atoms with Crippen molar-refractivity contribution in [1.29, 1.82) is 0 Å². The first-order valence-corrected chi connectivity index (χ1v) is 14.4. The summed E-state index contributed by atoms with van der Waals surface area (Å²) in [6, 6.07) is 6.54. The second-order valence-corrected chi connectivity index (χ2v) is 10.9. The van der Waals surface area contributed by atoms with E-state index in [1.54, 1.807) is 0 Å². The number of hydrogen-bond donors (Lipinski definition) is 2. The fourth-order valence-electron chi connectivity index (χ4n) is 5.73. The van der Waals surface area contributed by atoms with Crippen LogP contribution in [0.3, 0.4) is 0 Å². The highest BCUT2D eigenvalue weighted by Gasteiger charge is 2.48. The molecule has 2 N–H and O–H groups in total. The quantitative estimate of drug-likeness (QED) is 0.175. The second-order valence-electron chi connectivity index (χ2n) is 10.9. The Labute approximate surface area is 220 Å². The Morgan fingerprint density at radius 2 is 1.83 bits per heavy atom. The van der Waals surface area contributed by atoms with Gasteiger partial charge in [0.2, 0.25) is 0 Å². The van der Waals surface area contributed by atoms with Crippen LogP contribution in [0, 0.1) is 23.7 Å². The van der Waals surface area contributed by atoms with Crippen LogP contribution in [0.15, 0.2) is 30.4 Å². The van der Waals surface area contributed by atoms with E-state index in [1.165, 1.54) is 69.3 Å². The average molecular weight is 496 g/mol. The maximum atomic E-state index is 10.8.